The molecule has 0 spiro atoms. The van der Waals surface area contributed by atoms with Crippen LogP contribution in [0.15, 0.2) is 29.2 Å². The molecule has 0 bridgehead atoms. The van der Waals surface area contributed by atoms with Crippen LogP contribution in [-0.4, -0.2) is 55.4 Å². The Morgan fingerprint density at radius 2 is 1.88 bits per heavy atom. The molecule has 1 saturated heterocycles. The van der Waals surface area contributed by atoms with Gasteiger partial charge in [0.1, 0.15) is 5.60 Å². The van der Waals surface area contributed by atoms with Gasteiger partial charge < -0.3 is 14.7 Å². The molecule has 1 amide bonds. The predicted molar refractivity (Wildman–Crippen MR) is 91.7 cm³/mol. The molecule has 1 N–H and O–H groups in total. The van der Waals surface area contributed by atoms with Crippen molar-refractivity contribution >= 4 is 16.2 Å². The molecule has 25 heavy (non-hydrogen) atoms. The minimum atomic E-state index is -3.96. The highest BCUT2D eigenvalue weighted by Crippen LogP contribution is 2.23. The van der Waals surface area contributed by atoms with E-state index in [1.807, 2.05) is 6.92 Å². The van der Waals surface area contributed by atoms with Gasteiger partial charge in [-0.3, -0.25) is 4.18 Å². The van der Waals surface area contributed by atoms with Crippen LogP contribution in [0.1, 0.15) is 32.8 Å². The van der Waals surface area contributed by atoms with Crippen LogP contribution in [0, 0.1) is 6.92 Å². The Bertz CT molecular complexity index is 708. The van der Waals surface area contributed by atoms with Crippen LogP contribution in [0.4, 0.5) is 4.79 Å². The highest BCUT2D eigenvalue weighted by Gasteiger charge is 2.39. The highest BCUT2D eigenvalue weighted by molar-refractivity contribution is 7.86. The van der Waals surface area contributed by atoms with E-state index in [0.717, 1.165) is 5.56 Å². The van der Waals surface area contributed by atoms with E-state index in [-0.39, 0.29) is 18.0 Å². The SMILES string of the molecule is Cc1ccc(S(=O)(=O)OC[C@H]2[C@@H](O)CCN2C(=O)OC(C)(C)C)cc1. The quantitative estimate of drug-likeness (QED) is 0.815. The van der Waals surface area contributed by atoms with Gasteiger partial charge in [0.25, 0.3) is 10.1 Å². The van der Waals surface area contributed by atoms with Gasteiger partial charge >= 0.3 is 6.09 Å². The number of hydrogen-bond acceptors (Lipinski definition) is 6. The van der Waals surface area contributed by atoms with Crippen LogP contribution < -0.4 is 0 Å². The van der Waals surface area contributed by atoms with E-state index in [9.17, 15) is 18.3 Å². The number of likely N-dealkylation sites (tertiary alicyclic amines) is 1. The Labute approximate surface area is 148 Å². The van der Waals surface area contributed by atoms with Gasteiger partial charge in [0.15, 0.2) is 0 Å². The number of rotatable bonds is 4. The summed E-state index contributed by atoms with van der Waals surface area (Å²) in [5.74, 6) is 0. The van der Waals surface area contributed by atoms with Crippen LogP contribution in [0.5, 0.6) is 0 Å². The molecule has 0 aromatic heterocycles. The maximum absolute atomic E-state index is 12.3. The lowest BCUT2D eigenvalue weighted by Gasteiger charge is -2.29. The third-order valence-electron chi connectivity index (χ3n) is 3.84. The number of benzene rings is 1. The van der Waals surface area contributed by atoms with Crippen molar-refractivity contribution in [3.05, 3.63) is 29.8 Å². The van der Waals surface area contributed by atoms with Crippen molar-refractivity contribution in [2.24, 2.45) is 0 Å². The third-order valence-corrected chi connectivity index (χ3v) is 5.14. The van der Waals surface area contributed by atoms with E-state index >= 15 is 0 Å². The summed E-state index contributed by atoms with van der Waals surface area (Å²) in [5.41, 5.74) is 0.255. The molecule has 1 fully saturated rings. The van der Waals surface area contributed by atoms with Gasteiger partial charge in [-0.25, -0.2) is 4.79 Å². The van der Waals surface area contributed by atoms with Crippen LogP contribution in [0.25, 0.3) is 0 Å². The summed E-state index contributed by atoms with van der Waals surface area (Å²) in [6, 6.07) is 5.50. The Morgan fingerprint density at radius 1 is 1.28 bits per heavy atom. The van der Waals surface area contributed by atoms with E-state index in [2.05, 4.69) is 0 Å². The molecule has 2 atom stereocenters. The molecule has 1 aliphatic rings. The average Bonchev–Trinajstić information content (AvgIpc) is 2.85. The van der Waals surface area contributed by atoms with Crippen molar-refractivity contribution in [3.8, 4) is 0 Å². The topological polar surface area (TPSA) is 93.1 Å². The first-order chi connectivity index (χ1) is 11.5. The fourth-order valence-corrected chi connectivity index (χ4v) is 3.44. The van der Waals surface area contributed by atoms with Gasteiger partial charge in [-0.05, 0) is 46.2 Å². The predicted octanol–water partition coefficient (Wildman–Crippen LogP) is 2.07. The highest BCUT2D eigenvalue weighted by atomic mass is 32.2. The monoisotopic (exact) mass is 371 g/mol. The molecule has 0 radical (unpaired) electrons. The van der Waals surface area contributed by atoms with Crippen LogP contribution in [0.3, 0.4) is 0 Å². The maximum atomic E-state index is 12.3. The van der Waals surface area contributed by atoms with Crippen molar-refractivity contribution in [1.29, 1.82) is 0 Å². The van der Waals surface area contributed by atoms with Gasteiger partial charge in [0, 0.05) is 6.54 Å². The second kappa shape index (κ2) is 7.31. The van der Waals surface area contributed by atoms with E-state index in [4.69, 9.17) is 8.92 Å². The molecule has 2 rings (SSSR count). The van der Waals surface area contributed by atoms with Gasteiger partial charge in [0.05, 0.1) is 23.6 Å². The Morgan fingerprint density at radius 3 is 2.44 bits per heavy atom. The number of amides is 1. The molecule has 7 nitrogen and oxygen atoms in total. The molecule has 0 aliphatic carbocycles. The number of aliphatic hydroxyl groups excluding tert-OH is 1. The number of nitrogens with zero attached hydrogens (tertiary/aromatic N) is 1. The fourth-order valence-electron chi connectivity index (χ4n) is 2.52. The van der Waals surface area contributed by atoms with Crippen molar-refractivity contribution < 1.29 is 27.2 Å². The Balaban J connectivity index is 2.06. The summed E-state index contributed by atoms with van der Waals surface area (Å²) >= 11 is 0. The first kappa shape index (κ1) is 19.7. The summed E-state index contributed by atoms with van der Waals surface area (Å²) in [6.45, 7) is 7.04. The molecule has 1 aromatic rings. The normalized spacial score (nSPS) is 21.4. The molecular formula is C17H25NO6S. The molecule has 1 aromatic carbocycles. The lowest BCUT2D eigenvalue weighted by atomic mass is 10.2. The number of carbonyl (C=O) groups is 1. The number of ether oxygens (including phenoxy) is 1. The van der Waals surface area contributed by atoms with Crippen LogP contribution in [-0.2, 0) is 19.0 Å². The second-order valence-corrected chi connectivity index (χ2v) is 8.76. The zero-order chi connectivity index (χ0) is 18.8. The largest absolute Gasteiger partial charge is 0.444 e. The van der Waals surface area contributed by atoms with Crippen LogP contribution >= 0.6 is 0 Å². The first-order valence-corrected chi connectivity index (χ1v) is 9.54. The minimum absolute atomic E-state index is 0.0365. The van der Waals surface area contributed by atoms with E-state index in [1.54, 1.807) is 32.9 Å². The first-order valence-electron chi connectivity index (χ1n) is 8.13. The van der Waals surface area contributed by atoms with Crippen molar-refractivity contribution in [2.45, 2.75) is 56.8 Å². The second-order valence-electron chi connectivity index (χ2n) is 7.15. The lowest BCUT2D eigenvalue weighted by molar-refractivity contribution is 0.00896. The lowest BCUT2D eigenvalue weighted by Crippen LogP contribution is -2.45. The maximum Gasteiger partial charge on any atom is 0.410 e. The average molecular weight is 371 g/mol. The van der Waals surface area contributed by atoms with E-state index in [0.29, 0.717) is 6.42 Å². The van der Waals surface area contributed by atoms with Gasteiger partial charge in [-0.15, -0.1) is 0 Å². The Hall–Kier alpha value is -1.64. The van der Waals surface area contributed by atoms with Crippen molar-refractivity contribution in [2.75, 3.05) is 13.2 Å². The van der Waals surface area contributed by atoms with Gasteiger partial charge in [0.2, 0.25) is 0 Å². The smallest absolute Gasteiger partial charge is 0.410 e. The Kier molecular flexibility index (Phi) is 5.75. The molecule has 0 saturated carbocycles. The number of aliphatic hydroxyl groups is 1. The standard InChI is InChI=1S/C17H25NO6S/c1-12-5-7-13(8-6-12)25(21,22)23-11-14-15(19)9-10-18(14)16(20)24-17(2,3)4/h5-8,14-15,19H,9-11H2,1-4H3/t14-,15-/m0/s1. The van der Waals surface area contributed by atoms with Crippen molar-refractivity contribution in [3.63, 3.8) is 0 Å². The molecule has 8 heteroatoms. The van der Waals surface area contributed by atoms with Crippen LogP contribution in [0.2, 0.25) is 0 Å². The molecular weight excluding hydrogens is 346 g/mol. The zero-order valence-electron chi connectivity index (χ0n) is 14.9. The van der Waals surface area contributed by atoms with E-state index < -0.39 is 34.0 Å². The summed E-state index contributed by atoms with van der Waals surface area (Å²) < 4.78 is 34.9. The molecule has 1 aliphatic heterocycles. The van der Waals surface area contributed by atoms with Gasteiger partial charge in [-0.2, -0.15) is 8.42 Å². The molecule has 1 heterocycles. The number of aryl methyl sites for hydroxylation is 1. The number of carbonyl (C=O) groups excluding carboxylic acids is 1. The van der Waals surface area contributed by atoms with Gasteiger partial charge in [-0.1, -0.05) is 17.7 Å². The molecule has 0 unspecified atom stereocenters. The van der Waals surface area contributed by atoms with E-state index in [1.165, 1.54) is 17.0 Å². The van der Waals surface area contributed by atoms with Crippen molar-refractivity contribution in [1.82, 2.24) is 4.90 Å². The summed E-state index contributed by atoms with van der Waals surface area (Å²) in [6.07, 6.45) is -1.11. The summed E-state index contributed by atoms with van der Waals surface area (Å²) in [4.78, 5) is 13.6. The minimum Gasteiger partial charge on any atom is -0.444 e. The third kappa shape index (κ3) is 5.17. The fraction of sp³-hybridized carbons (Fsp3) is 0.588. The zero-order valence-corrected chi connectivity index (χ0v) is 15.7. The summed E-state index contributed by atoms with van der Waals surface area (Å²) in [7, 11) is -3.96. The number of hydrogen-bond donors (Lipinski definition) is 1. The summed E-state index contributed by atoms with van der Waals surface area (Å²) in [5, 5.41) is 10.1. The molecule has 140 valence electrons.